The molecule has 2 rings (SSSR count). The van der Waals surface area contributed by atoms with Crippen LogP contribution < -0.4 is 10.2 Å². The monoisotopic (exact) mass is 268 g/mol. The van der Waals surface area contributed by atoms with Crippen LogP contribution >= 0.6 is 0 Å². The van der Waals surface area contributed by atoms with Crippen LogP contribution in [0.1, 0.15) is 12.5 Å². The zero-order valence-electron chi connectivity index (χ0n) is 11.4. The van der Waals surface area contributed by atoms with Gasteiger partial charge in [0.05, 0.1) is 25.0 Å². The predicted molar refractivity (Wildman–Crippen MR) is 72.8 cm³/mol. The number of halogens is 1. The quantitative estimate of drug-likeness (QED) is 0.859. The van der Waals surface area contributed by atoms with Gasteiger partial charge in [-0.25, -0.2) is 4.39 Å². The van der Waals surface area contributed by atoms with E-state index in [9.17, 15) is 9.50 Å². The zero-order chi connectivity index (χ0) is 13.8. The van der Waals surface area contributed by atoms with Gasteiger partial charge in [0.1, 0.15) is 5.82 Å². The van der Waals surface area contributed by atoms with Gasteiger partial charge in [-0.1, -0.05) is 6.07 Å². The Labute approximate surface area is 113 Å². The van der Waals surface area contributed by atoms with E-state index in [1.165, 1.54) is 0 Å². The summed E-state index contributed by atoms with van der Waals surface area (Å²) < 4.78 is 19.7. The van der Waals surface area contributed by atoms with Gasteiger partial charge in [0, 0.05) is 19.1 Å². The highest BCUT2D eigenvalue weighted by Gasteiger charge is 2.27. The number of aliphatic hydroxyl groups excluding tert-OH is 1. The van der Waals surface area contributed by atoms with Crippen LogP contribution in [0, 0.1) is 5.82 Å². The van der Waals surface area contributed by atoms with Crippen molar-refractivity contribution in [3.63, 3.8) is 0 Å². The minimum Gasteiger partial charge on any atom is -0.394 e. The number of ether oxygens (including phenoxy) is 1. The van der Waals surface area contributed by atoms with Crippen molar-refractivity contribution in [2.45, 2.75) is 25.6 Å². The maximum atomic E-state index is 14.2. The third-order valence-electron chi connectivity index (χ3n) is 3.41. The molecule has 2 atom stereocenters. The molecule has 0 saturated carbocycles. The molecule has 106 valence electrons. The fraction of sp³-hybridized carbons (Fsp3) is 0.571. The van der Waals surface area contributed by atoms with E-state index in [-0.39, 0.29) is 24.6 Å². The van der Waals surface area contributed by atoms with E-state index < -0.39 is 0 Å². The molecule has 0 radical (unpaired) electrons. The van der Waals surface area contributed by atoms with Gasteiger partial charge in [0.15, 0.2) is 0 Å². The average molecular weight is 268 g/mol. The van der Waals surface area contributed by atoms with E-state index in [4.69, 9.17) is 4.74 Å². The van der Waals surface area contributed by atoms with Crippen molar-refractivity contribution >= 4 is 5.69 Å². The molecule has 0 bridgehead atoms. The van der Waals surface area contributed by atoms with E-state index in [0.29, 0.717) is 25.4 Å². The second kappa shape index (κ2) is 6.32. The van der Waals surface area contributed by atoms with Crippen molar-refractivity contribution in [3.05, 3.63) is 29.6 Å². The van der Waals surface area contributed by atoms with Crippen LogP contribution in [0.2, 0.25) is 0 Å². The summed E-state index contributed by atoms with van der Waals surface area (Å²) in [4.78, 5) is 1.96. The first kappa shape index (κ1) is 14.2. The fourth-order valence-corrected chi connectivity index (χ4v) is 2.36. The van der Waals surface area contributed by atoms with Crippen LogP contribution in [0.4, 0.5) is 10.1 Å². The van der Waals surface area contributed by atoms with Gasteiger partial charge in [-0.05, 0) is 31.7 Å². The van der Waals surface area contributed by atoms with E-state index >= 15 is 0 Å². The second-order valence-corrected chi connectivity index (χ2v) is 4.96. The van der Waals surface area contributed by atoms with Crippen molar-refractivity contribution in [1.29, 1.82) is 0 Å². The summed E-state index contributed by atoms with van der Waals surface area (Å²) in [6.45, 7) is 3.62. The Hall–Kier alpha value is -1.17. The third kappa shape index (κ3) is 3.23. The third-order valence-corrected chi connectivity index (χ3v) is 3.41. The van der Waals surface area contributed by atoms with E-state index in [1.54, 1.807) is 12.1 Å². The van der Waals surface area contributed by atoms with Gasteiger partial charge in [0.2, 0.25) is 0 Å². The molecule has 1 aromatic rings. The Kier molecular flexibility index (Phi) is 4.74. The number of morpholine rings is 1. The standard InChI is InChI=1S/C14H21FN2O2/c1-10-9-19-12(8-18)7-17(10)14-4-3-11(6-16-2)5-13(14)15/h3-5,10,12,16,18H,6-9H2,1-2H3. The number of nitrogens with one attached hydrogen (secondary N) is 1. The molecular weight excluding hydrogens is 247 g/mol. The number of anilines is 1. The molecule has 0 spiro atoms. The Morgan fingerprint density at radius 3 is 2.95 bits per heavy atom. The number of rotatable bonds is 4. The summed E-state index contributed by atoms with van der Waals surface area (Å²) in [5.41, 5.74) is 1.50. The molecule has 0 amide bonds. The van der Waals surface area contributed by atoms with Crippen LogP contribution in [-0.4, -0.2) is 44.1 Å². The Balaban J connectivity index is 2.19. The van der Waals surface area contributed by atoms with Gasteiger partial charge < -0.3 is 20.1 Å². The lowest BCUT2D eigenvalue weighted by Gasteiger charge is -2.39. The molecule has 4 nitrogen and oxygen atoms in total. The molecular formula is C14H21FN2O2. The van der Waals surface area contributed by atoms with Gasteiger partial charge in [-0.3, -0.25) is 0 Å². The van der Waals surface area contributed by atoms with Gasteiger partial charge >= 0.3 is 0 Å². The molecule has 1 aliphatic rings. The Bertz CT molecular complexity index is 428. The number of nitrogens with zero attached hydrogens (tertiary/aromatic N) is 1. The largest absolute Gasteiger partial charge is 0.394 e. The van der Waals surface area contributed by atoms with Crippen molar-refractivity contribution in [3.8, 4) is 0 Å². The minimum absolute atomic E-state index is 0.0390. The Morgan fingerprint density at radius 2 is 2.32 bits per heavy atom. The first-order chi connectivity index (χ1) is 9.15. The molecule has 1 heterocycles. The van der Waals surface area contributed by atoms with E-state index in [0.717, 1.165) is 5.56 Å². The van der Waals surface area contributed by atoms with Crippen molar-refractivity contribution in [2.24, 2.45) is 0 Å². The highest BCUT2D eigenvalue weighted by molar-refractivity contribution is 5.50. The molecule has 19 heavy (non-hydrogen) atoms. The first-order valence-electron chi connectivity index (χ1n) is 6.57. The van der Waals surface area contributed by atoms with Gasteiger partial charge in [0.25, 0.3) is 0 Å². The summed E-state index contributed by atoms with van der Waals surface area (Å²) in [5, 5.41) is 12.2. The molecule has 2 unspecified atom stereocenters. The number of benzene rings is 1. The SMILES string of the molecule is CNCc1ccc(N2CC(CO)OCC2C)c(F)c1. The minimum atomic E-state index is -0.243. The van der Waals surface area contributed by atoms with Crippen LogP contribution in [0.5, 0.6) is 0 Å². The fourth-order valence-electron chi connectivity index (χ4n) is 2.36. The van der Waals surface area contributed by atoms with E-state index in [1.807, 2.05) is 24.9 Å². The molecule has 5 heteroatoms. The first-order valence-corrected chi connectivity index (χ1v) is 6.57. The summed E-state index contributed by atoms with van der Waals surface area (Å²) in [5.74, 6) is -0.224. The van der Waals surface area contributed by atoms with E-state index in [2.05, 4.69) is 5.32 Å². The summed E-state index contributed by atoms with van der Waals surface area (Å²) in [6.07, 6.45) is -0.243. The predicted octanol–water partition coefficient (Wildman–Crippen LogP) is 1.13. The molecule has 1 aromatic carbocycles. The molecule has 1 saturated heterocycles. The normalized spacial score (nSPS) is 23.7. The number of hydrogen-bond donors (Lipinski definition) is 2. The molecule has 1 aliphatic heterocycles. The lowest BCUT2D eigenvalue weighted by atomic mass is 10.1. The van der Waals surface area contributed by atoms with Crippen LogP contribution in [-0.2, 0) is 11.3 Å². The lowest BCUT2D eigenvalue weighted by molar-refractivity contribution is -0.0105. The van der Waals surface area contributed by atoms with Crippen molar-refractivity contribution in [2.75, 3.05) is 31.7 Å². The Morgan fingerprint density at radius 1 is 1.53 bits per heavy atom. The number of aliphatic hydroxyl groups is 1. The summed E-state index contributed by atoms with van der Waals surface area (Å²) in [7, 11) is 1.84. The average Bonchev–Trinajstić information content (AvgIpc) is 2.40. The van der Waals surface area contributed by atoms with Crippen LogP contribution in [0.3, 0.4) is 0 Å². The summed E-state index contributed by atoms with van der Waals surface area (Å²) >= 11 is 0. The molecule has 0 aromatic heterocycles. The van der Waals surface area contributed by atoms with Crippen molar-refractivity contribution < 1.29 is 14.2 Å². The lowest BCUT2D eigenvalue weighted by Crippen LogP contribution is -2.50. The molecule has 2 N–H and O–H groups in total. The maximum absolute atomic E-state index is 14.2. The maximum Gasteiger partial charge on any atom is 0.146 e. The van der Waals surface area contributed by atoms with Crippen LogP contribution in [0.25, 0.3) is 0 Å². The highest BCUT2D eigenvalue weighted by atomic mass is 19.1. The van der Waals surface area contributed by atoms with Crippen LogP contribution in [0.15, 0.2) is 18.2 Å². The van der Waals surface area contributed by atoms with Crippen molar-refractivity contribution in [1.82, 2.24) is 5.32 Å². The highest BCUT2D eigenvalue weighted by Crippen LogP contribution is 2.25. The smallest absolute Gasteiger partial charge is 0.146 e. The number of hydrogen-bond acceptors (Lipinski definition) is 4. The van der Waals surface area contributed by atoms with Gasteiger partial charge in [-0.15, -0.1) is 0 Å². The molecule has 0 aliphatic carbocycles. The molecule has 1 fully saturated rings. The van der Waals surface area contributed by atoms with Gasteiger partial charge in [-0.2, -0.15) is 0 Å². The topological polar surface area (TPSA) is 44.7 Å². The summed E-state index contributed by atoms with van der Waals surface area (Å²) in [6, 6.07) is 5.39. The second-order valence-electron chi connectivity index (χ2n) is 4.96. The zero-order valence-corrected chi connectivity index (χ0v) is 11.4.